The van der Waals surface area contributed by atoms with E-state index in [0.717, 1.165) is 64.2 Å². The molecular formula is C42H66N4O5. The highest BCUT2D eigenvalue weighted by Gasteiger charge is 2.40. The molecule has 0 atom stereocenters. The number of methoxy groups -OCH3 is 1. The van der Waals surface area contributed by atoms with E-state index in [2.05, 4.69) is 111 Å². The lowest BCUT2D eigenvalue weighted by Crippen LogP contribution is -2.54. The molecular weight excluding hydrogens is 640 g/mol. The van der Waals surface area contributed by atoms with E-state index in [4.69, 9.17) is 9.47 Å². The number of amides is 2. The third-order valence-corrected chi connectivity index (χ3v) is 11.2. The van der Waals surface area contributed by atoms with Gasteiger partial charge in [-0.2, -0.15) is 0 Å². The number of ether oxygens (including phenoxy) is 2. The van der Waals surface area contributed by atoms with Crippen LogP contribution < -0.4 is 10.6 Å². The third-order valence-electron chi connectivity index (χ3n) is 11.2. The molecule has 4 rings (SSSR count). The number of hydrogen-bond acceptors (Lipinski definition) is 7. The van der Waals surface area contributed by atoms with Gasteiger partial charge in [-0.25, -0.2) is 0 Å². The van der Waals surface area contributed by atoms with E-state index in [1.165, 1.54) is 29.2 Å². The van der Waals surface area contributed by atoms with Gasteiger partial charge in [-0.3, -0.25) is 14.4 Å². The van der Waals surface area contributed by atoms with E-state index in [1.54, 1.807) is 21.0 Å². The van der Waals surface area contributed by atoms with Crippen molar-refractivity contribution in [1.82, 2.24) is 20.4 Å². The molecule has 2 fully saturated rings. The molecule has 2 aromatic rings. The molecule has 0 aliphatic heterocycles. The van der Waals surface area contributed by atoms with Gasteiger partial charge in [0, 0.05) is 43.6 Å². The van der Waals surface area contributed by atoms with Gasteiger partial charge in [0.1, 0.15) is 0 Å². The molecule has 2 aliphatic carbocycles. The second-order valence-electron chi connectivity index (χ2n) is 16.0. The van der Waals surface area contributed by atoms with Crippen LogP contribution in [-0.4, -0.2) is 98.3 Å². The lowest BCUT2D eigenvalue weighted by atomic mass is 9.74. The van der Waals surface area contributed by atoms with Crippen LogP contribution in [-0.2, 0) is 36.7 Å². The number of rotatable bonds is 13. The summed E-state index contributed by atoms with van der Waals surface area (Å²) in [5, 5.41) is 6.24. The monoisotopic (exact) mass is 707 g/mol. The number of esters is 1. The van der Waals surface area contributed by atoms with E-state index in [9.17, 15) is 14.4 Å². The topological polar surface area (TPSA) is 100 Å². The molecule has 51 heavy (non-hydrogen) atoms. The SMILES string of the molecule is CC(=O)OC(C)(C)C(=O)NC1CCC(Cc2cccc(C)c2)(N(C)C)CC1.COCCC(=O)NC1CCC(Cc2ccc(C)cc2)(N(C)C)CC1. The van der Waals surface area contributed by atoms with E-state index >= 15 is 0 Å². The molecule has 0 aromatic heterocycles. The average Bonchev–Trinajstić information content (AvgIpc) is 3.06. The highest BCUT2D eigenvalue weighted by Crippen LogP contribution is 2.37. The summed E-state index contributed by atoms with van der Waals surface area (Å²) in [6.07, 6.45) is 10.7. The fourth-order valence-electron chi connectivity index (χ4n) is 7.71. The van der Waals surface area contributed by atoms with Crippen molar-refractivity contribution in [3.63, 3.8) is 0 Å². The fraction of sp³-hybridized carbons (Fsp3) is 0.643. The molecule has 2 amide bonds. The lowest BCUT2D eigenvalue weighted by molar-refractivity contribution is -0.163. The predicted molar refractivity (Wildman–Crippen MR) is 206 cm³/mol. The van der Waals surface area contributed by atoms with Gasteiger partial charge in [-0.15, -0.1) is 0 Å². The minimum absolute atomic E-state index is 0.109. The number of nitrogens with one attached hydrogen (secondary N) is 2. The molecule has 0 saturated heterocycles. The Balaban J connectivity index is 0.000000277. The van der Waals surface area contributed by atoms with Crippen LogP contribution in [0.25, 0.3) is 0 Å². The van der Waals surface area contributed by atoms with Crippen molar-refractivity contribution in [2.45, 2.75) is 134 Å². The van der Waals surface area contributed by atoms with Crippen LogP contribution >= 0.6 is 0 Å². The fourth-order valence-corrected chi connectivity index (χ4v) is 7.71. The Bertz CT molecular complexity index is 1400. The molecule has 0 heterocycles. The largest absolute Gasteiger partial charge is 0.450 e. The van der Waals surface area contributed by atoms with Gasteiger partial charge in [-0.05, 0) is 131 Å². The Morgan fingerprint density at radius 1 is 0.765 bits per heavy atom. The molecule has 9 heteroatoms. The molecule has 284 valence electrons. The molecule has 2 aliphatic rings. The summed E-state index contributed by atoms with van der Waals surface area (Å²) >= 11 is 0. The first-order valence-corrected chi connectivity index (χ1v) is 18.7. The van der Waals surface area contributed by atoms with Crippen LogP contribution in [0.2, 0.25) is 0 Å². The maximum atomic E-state index is 12.5. The predicted octanol–water partition coefficient (Wildman–Crippen LogP) is 6.17. The standard InChI is InChI=1S/C22H34N2O3.C20H32N2O2/c1-16-8-7-9-18(14-16)15-22(24(5)6)12-10-19(11-13-22)23-20(26)21(3,4)27-17(2)25;1-16-5-7-17(8-6-16)15-20(22(2)3)12-9-18(10-13-20)21-19(23)11-14-24-4/h7-9,14,19H,10-13,15H2,1-6H3,(H,23,26);5-8,18H,9-15H2,1-4H3,(H,21,23). The maximum absolute atomic E-state index is 12.5. The number of likely N-dealkylation sites (N-methyl/N-ethyl adjacent to an activating group) is 2. The Morgan fingerprint density at radius 2 is 1.27 bits per heavy atom. The van der Waals surface area contributed by atoms with Gasteiger partial charge in [0.2, 0.25) is 5.91 Å². The average molecular weight is 707 g/mol. The molecule has 2 N–H and O–H groups in total. The number of carbonyl (C=O) groups is 3. The summed E-state index contributed by atoms with van der Waals surface area (Å²) in [7, 11) is 10.3. The first-order chi connectivity index (χ1) is 24.0. The smallest absolute Gasteiger partial charge is 0.303 e. The first kappa shape index (κ1) is 42.1. The van der Waals surface area contributed by atoms with Gasteiger partial charge < -0.3 is 29.9 Å². The zero-order valence-electron chi connectivity index (χ0n) is 33.2. The van der Waals surface area contributed by atoms with Crippen molar-refractivity contribution in [3.05, 3.63) is 70.8 Å². The highest BCUT2D eigenvalue weighted by molar-refractivity contribution is 5.87. The molecule has 0 unspecified atom stereocenters. The minimum Gasteiger partial charge on any atom is -0.450 e. The molecule has 9 nitrogen and oxygen atoms in total. The Labute approximate surface area is 308 Å². The van der Waals surface area contributed by atoms with E-state index in [1.807, 2.05) is 0 Å². The zero-order valence-corrected chi connectivity index (χ0v) is 33.2. The van der Waals surface area contributed by atoms with Crippen molar-refractivity contribution < 1.29 is 23.9 Å². The number of aryl methyl sites for hydroxylation is 2. The van der Waals surface area contributed by atoms with Gasteiger partial charge >= 0.3 is 5.97 Å². The molecule has 0 spiro atoms. The second-order valence-corrected chi connectivity index (χ2v) is 16.0. The minimum atomic E-state index is -1.14. The van der Waals surface area contributed by atoms with Crippen molar-refractivity contribution in [3.8, 4) is 0 Å². The first-order valence-electron chi connectivity index (χ1n) is 18.7. The van der Waals surface area contributed by atoms with Crippen molar-refractivity contribution in [2.24, 2.45) is 0 Å². The van der Waals surface area contributed by atoms with Crippen LogP contribution in [0.5, 0.6) is 0 Å². The maximum Gasteiger partial charge on any atom is 0.303 e. The Kier molecular flexibility index (Phi) is 15.7. The van der Waals surface area contributed by atoms with Gasteiger partial charge in [0.05, 0.1) is 6.61 Å². The Hall–Kier alpha value is -3.27. The van der Waals surface area contributed by atoms with E-state index in [-0.39, 0.29) is 28.9 Å². The van der Waals surface area contributed by atoms with E-state index < -0.39 is 11.6 Å². The van der Waals surface area contributed by atoms with Crippen LogP contribution in [0, 0.1) is 13.8 Å². The normalized spacial score (nSPS) is 23.6. The van der Waals surface area contributed by atoms with Crippen molar-refractivity contribution in [2.75, 3.05) is 41.9 Å². The van der Waals surface area contributed by atoms with Crippen LogP contribution in [0.4, 0.5) is 0 Å². The molecule has 2 saturated carbocycles. The Morgan fingerprint density at radius 3 is 1.75 bits per heavy atom. The van der Waals surface area contributed by atoms with Crippen molar-refractivity contribution >= 4 is 17.8 Å². The van der Waals surface area contributed by atoms with E-state index in [0.29, 0.717) is 19.1 Å². The van der Waals surface area contributed by atoms with Crippen molar-refractivity contribution in [1.29, 1.82) is 0 Å². The second kappa shape index (κ2) is 19.0. The number of benzene rings is 2. The zero-order chi connectivity index (χ0) is 37.8. The number of carbonyl (C=O) groups excluding carboxylic acids is 3. The highest BCUT2D eigenvalue weighted by atomic mass is 16.6. The summed E-state index contributed by atoms with van der Waals surface area (Å²) in [4.78, 5) is 40.3. The van der Waals surface area contributed by atoms with Crippen LogP contribution in [0.1, 0.15) is 101 Å². The van der Waals surface area contributed by atoms with Gasteiger partial charge in [-0.1, -0.05) is 59.7 Å². The summed E-state index contributed by atoms with van der Waals surface area (Å²) in [5.74, 6) is -0.556. The summed E-state index contributed by atoms with van der Waals surface area (Å²) in [6, 6.07) is 18.0. The summed E-state index contributed by atoms with van der Waals surface area (Å²) in [5.41, 5.74) is 4.53. The van der Waals surface area contributed by atoms with Crippen LogP contribution in [0.15, 0.2) is 48.5 Å². The summed E-state index contributed by atoms with van der Waals surface area (Å²) < 4.78 is 10.1. The lowest BCUT2D eigenvalue weighted by Gasteiger charge is -2.46. The number of nitrogens with zero attached hydrogens (tertiary/aromatic N) is 2. The molecule has 2 aromatic carbocycles. The number of hydrogen-bond donors (Lipinski definition) is 2. The van der Waals surface area contributed by atoms with Gasteiger partial charge in [0.15, 0.2) is 5.60 Å². The van der Waals surface area contributed by atoms with Gasteiger partial charge in [0.25, 0.3) is 5.91 Å². The quantitative estimate of drug-likeness (QED) is 0.241. The molecule has 0 bridgehead atoms. The van der Waals surface area contributed by atoms with Crippen LogP contribution in [0.3, 0.4) is 0 Å². The molecule has 0 radical (unpaired) electrons. The third kappa shape index (κ3) is 12.7. The summed E-state index contributed by atoms with van der Waals surface area (Å²) in [6.45, 7) is 9.34.